The molecule has 0 spiro atoms. The standard InChI is InChI=1S/C18H25F3N2O2/c1-13-5-6-15(18(19,20)21)10-16(13)17(24)22-11-14-4-3-7-23(12-14)8-9-25-2/h5-6,10,14H,3-4,7-9,11-12H2,1-2H3,(H,22,24). The quantitative estimate of drug-likeness (QED) is 0.850. The Morgan fingerprint density at radius 3 is 2.84 bits per heavy atom. The second-order valence-corrected chi connectivity index (χ2v) is 6.54. The van der Waals surface area contributed by atoms with Crippen molar-refractivity contribution in [2.45, 2.75) is 25.9 Å². The molecule has 7 heteroatoms. The molecule has 1 fully saturated rings. The molecule has 1 aromatic rings. The van der Waals surface area contributed by atoms with Gasteiger partial charge in [-0.3, -0.25) is 4.79 Å². The minimum atomic E-state index is -4.45. The van der Waals surface area contributed by atoms with E-state index in [9.17, 15) is 18.0 Å². The Morgan fingerprint density at radius 1 is 1.40 bits per heavy atom. The van der Waals surface area contributed by atoms with E-state index in [1.807, 2.05) is 0 Å². The van der Waals surface area contributed by atoms with Crippen LogP contribution in [0.2, 0.25) is 0 Å². The number of rotatable bonds is 6. The van der Waals surface area contributed by atoms with Crippen molar-refractivity contribution in [3.63, 3.8) is 0 Å². The van der Waals surface area contributed by atoms with E-state index in [-0.39, 0.29) is 5.56 Å². The molecule has 0 aromatic heterocycles. The van der Waals surface area contributed by atoms with E-state index in [1.165, 1.54) is 6.07 Å². The smallest absolute Gasteiger partial charge is 0.383 e. The lowest BCUT2D eigenvalue weighted by molar-refractivity contribution is -0.137. The maximum Gasteiger partial charge on any atom is 0.416 e. The highest BCUT2D eigenvalue weighted by Gasteiger charge is 2.31. The van der Waals surface area contributed by atoms with Crippen LogP contribution < -0.4 is 5.32 Å². The maximum absolute atomic E-state index is 12.8. The van der Waals surface area contributed by atoms with Crippen molar-refractivity contribution in [2.24, 2.45) is 5.92 Å². The number of piperidine rings is 1. The van der Waals surface area contributed by atoms with Crippen molar-refractivity contribution < 1.29 is 22.7 Å². The summed E-state index contributed by atoms with van der Waals surface area (Å²) in [6.45, 7) is 5.52. The highest BCUT2D eigenvalue weighted by Crippen LogP contribution is 2.30. The number of alkyl halides is 3. The molecule has 1 unspecified atom stereocenters. The lowest BCUT2D eigenvalue weighted by Gasteiger charge is -2.32. The van der Waals surface area contributed by atoms with E-state index in [2.05, 4.69) is 10.2 Å². The number of carbonyl (C=O) groups excluding carboxylic acids is 1. The summed E-state index contributed by atoms with van der Waals surface area (Å²) < 4.78 is 43.6. The molecule has 0 saturated carbocycles. The fraction of sp³-hybridized carbons (Fsp3) is 0.611. The van der Waals surface area contributed by atoms with Gasteiger partial charge in [-0.1, -0.05) is 6.07 Å². The van der Waals surface area contributed by atoms with Crippen molar-refractivity contribution in [1.82, 2.24) is 10.2 Å². The summed E-state index contributed by atoms with van der Waals surface area (Å²) in [5, 5.41) is 2.80. The zero-order valence-corrected chi connectivity index (χ0v) is 14.7. The van der Waals surface area contributed by atoms with E-state index in [1.54, 1.807) is 14.0 Å². The Balaban J connectivity index is 1.94. The predicted octanol–water partition coefficient (Wildman–Crippen LogP) is 3.10. The van der Waals surface area contributed by atoms with Crippen molar-refractivity contribution in [2.75, 3.05) is 39.9 Å². The van der Waals surface area contributed by atoms with Crippen LogP contribution in [0.1, 0.15) is 34.3 Å². The second kappa shape index (κ2) is 8.67. The number of carbonyl (C=O) groups is 1. The molecule has 1 aliphatic rings. The molecule has 1 saturated heterocycles. The zero-order chi connectivity index (χ0) is 18.4. The van der Waals surface area contributed by atoms with Crippen molar-refractivity contribution in [3.05, 3.63) is 34.9 Å². The lowest BCUT2D eigenvalue weighted by atomic mass is 9.97. The van der Waals surface area contributed by atoms with Crippen LogP contribution in [0.5, 0.6) is 0 Å². The Kier molecular flexibility index (Phi) is 6.84. The van der Waals surface area contributed by atoms with E-state index >= 15 is 0 Å². The molecular weight excluding hydrogens is 333 g/mol. The third-order valence-electron chi connectivity index (χ3n) is 4.58. The van der Waals surface area contributed by atoms with Gasteiger partial charge < -0.3 is 15.0 Å². The molecule has 1 atom stereocenters. The molecule has 0 bridgehead atoms. The summed E-state index contributed by atoms with van der Waals surface area (Å²) in [5.74, 6) is -0.140. The Labute approximate surface area is 146 Å². The Bertz CT molecular complexity index is 590. The molecule has 4 nitrogen and oxygen atoms in total. The fourth-order valence-electron chi connectivity index (χ4n) is 3.12. The molecule has 25 heavy (non-hydrogen) atoms. The third-order valence-corrected chi connectivity index (χ3v) is 4.58. The highest BCUT2D eigenvalue weighted by molar-refractivity contribution is 5.95. The van der Waals surface area contributed by atoms with Gasteiger partial charge in [-0.2, -0.15) is 13.2 Å². The highest BCUT2D eigenvalue weighted by atomic mass is 19.4. The molecule has 140 valence electrons. The fourth-order valence-corrected chi connectivity index (χ4v) is 3.12. The minimum absolute atomic E-state index is 0.0851. The third kappa shape index (κ3) is 5.71. The number of nitrogens with one attached hydrogen (secondary N) is 1. The predicted molar refractivity (Wildman–Crippen MR) is 89.6 cm³/mol. The number of ether oxygens (including phenoxy) is 1. The van der Waals surface area contributed by atoms with Crippen LogP contribution in [-0.2, 0) is 10.9 Å². The van der Waals surface area contributed by atoms with Crippen LogP contribution in [0.15, 0.2) is 18.2 Å². The van der Waals surface area contributed by atoms with Crippen molar-refractivity contribution in [3.8, 4) is 0 Å². The summed E-state index contributed by atoms with van der Waals surface area (Å²) in [6.07, 6.45) is -2.40. The average Bonchev–Trinajstić information content (AvgIpc) is 2.57. The summed E-state index contributed by atoms with van der Waals surface area (Å²) in [4.78, 5) is 14.6. The van der Waals surface area contributed by atoms with Gasteiger partial charge in [0.05, 0.1) is 12.2 Å². The summed E-state index contributed by atoms with van der Waals surface area (Å²) in [5.41, 5.74) is -0.176. The normalized spacial score (nSPS) is 19.0. The van der Waals surface area contributed by atoms with E-state index in [0.29, 0.717) is 24.6 Å². The summed E-state index contributed by atoms with van der Waals surface area (Å²) in [7, 11) is 1.67. The molecule has 2 rings (SSSR count). The van der Waals surface area contributed by atoms with Gasteiger partial charge in [-0.15, -0.1) is 0 Å². The summed E-state index contributed by atoms with van der Waals surface area (Å²) in [6, 6.07) is 3.27. The van der Waals surface area contributed by atoms with Crippen LogP contribution in [0.25, 0.3) is 0 Å². The largest absolute Gasteiger partial charge is 0.416 e. The lowest BCUT2D eigenvalue weighted by Crippen LogP contribution is -2.42. The molecule has 1 aromatic carbocycles. The van der Waals surface area contributed by atoms with Gasteiger partial charge in [0.2, 0.25) is 0 Å². The van der Waals surface area contributed by atoms with Gasteiger partial charge in [0, 0.05) is 32.3 Å². The maximum atomic E-state index is 12.8. The molecule has 0 aliphatic carbocycles. The SMILES string of the molecule is COCCN1CCCC(CNC(=O)c2cc(C(F)(F)F)ccc2C)C1. The number of aryl methyl sites for hydroxylation is 1. The molecule has 1 N–H and O–H groups in total. The van der Waals surface area contributed by atoms with Crippen LogP contribution >= 0.6 is 0 Å². The zero-order valence-electron chi connectivity index (χ0n) is 14.7. The van der Waals surface area contributed by atoms with Gasteiger partial charge in [-0.05, 0) is 49.9 Å². The average molecular weight is 358 g/mol. The first-order valence-corrected chi connectivity index (χ1v) is 8.48. The minimum Gasteiger partial charge on any atom is -0.383 e. The van der Waals surface area contributed by atoms with Crippen LogP contribution in [0.3, 0.4) is 0 Å². The van der Waals surface area contributed by atoms with Crippen LogP contribution in [0.4, 0.5) is 13.2 Å². The molecule has 1 heterocycles. The Morgan fingerprint density at radius 2 is 2.16 bits per heavy atom. The van der Waals surface area contributed by atoms with Crippen LogP contribution in [-0.4, -0.2) is 50.7 Å². The number of hydrogen-bond acceptors (Lipinski definition) is 3. The van der Waals surface area contributed by atoms with Gasteiger partial charge in [-0.25, -0.2) is 0 Å². The van der Waals surface area contributed by atoms with E-state index < -0.39 is 17.6 Å². The molecule has 1 amide bonds. The number of likely N-dealkylation sites (tertiary alicyclic amines) is 1. The number of benzene rings is 1. The topological polar surface area (TPSA) is 41.6 Å². The number of amides is 1. The van der Waals surface area contributed by atoms with Crippen molar-refractivity contribution in [1.29, 1.82) is 0 Å². The van der Waals surface area contributed by atoms with E-state index in [0.717, 1.165) is 44.6 Å². The Hall–Kier alpha value is -1.60. The van der Waals surface area contributed by atoms with Gasteiger partial charge >= 0.3 is 6.18 Å². The number of halogens is 3. The first-order valence-electron chi connectivity index (χ1n) is 8.48. The first kappa shape index (κ1) is 19.7. The molecule has 0 radical (unpaired) electrons. The monoisotopic (exact) mass is 358 g/mol. The van der Waals surface area contributed by atoms with Crippen molar-refractivity contribution >= 4 is 5.91 Å². The van der Waals surface area contributed by atoms with Gasteiger partial charge in [0.25, 0.3) is 5.91 Å². The van der Waals surface area contributed by atoms with Gasteiger partial charge in [0.15, 0.2) is 0 Å². The van der Waals surface area contributed by atoms with E-state index in [4.69, 9.17) is 4.74 Å². The summed E-state index contributed by atoms with van der Waals surface area (Å²) >= 11 is 0. The van der Waals surface area contributed by atoms with Gasteiger partial charge in [0.1, 0.15) is 0 Å². The number of methoxy groups -OCH3 is 1. The van der Waals surface area contributed by atoms with Crippen LogP contribution in [0, 0.1) is 12.8 Å². The number of hydrogen-bond donors (Lipinski definition) is 1. The molecule has 1 aliphatic heterocycles. The first-order chi connectivity index (χ1) is 11.8. The second-order valence-electron chi connectivity index (χ2n) is 6.54. The number of nitrogens with zero attached hydrogens (tertiary/aromatic N) is 1. The molecular formula is C18H25F3N2O2.